The Kier molecular flexibility index (Phi) is 2.77. The normalized spacial score (nSPS) is 20.1. The number of rotatable bonds is 1. The van der Waals surface area contributed by atoms with E-state index < -0.39 is 0 Å². The van der Waals surface area contributed by atoms with E-state index in [0.717, 1.165) is 5.92 Å². The third kappa shape index (κ3) is 1.75. The van der Waals surface area contributed by atoms with E-state index in [-0.39, 0.29) is 0 Å². The molecule has 1 aliphatic carbocycles. The zero-order valence-corrected chi connectivity index (χ0v) is 6.82. The molecule has 0 nitrogen and oxygen atoms in total. The van der Waals surface area contributed by atoms with Crippen LogP contribution in [0.4, 0.5) is 0 Å². The smallest absolute Gasteiger partial charge is 0.0130 e. The van der Waals surface area contributed by atoms with Crippen LogP contribution in [-0.4, -0.2) is 0 Å². The van der Waals surface area contributed by atoms with Crippen molar-refractivity contribution >= 4 is 0 Å². The molecular weight excluding hydrogens is 120 g/mol. The Morgan fingerprint density at radius 3 is 2.40 bits per heavy atom. The highest BCUT2D eigenvalue weighted by Gasteiger charge is 2.13. The lowest BCUT2D eigenvalue weighted by Crippen LogP contribution is -2.06. The summed E-state index contributed by atoms with van der Waals surface area (Å²) in [5, 5.41) is 0. The summed E-state index contributed by atoms with van der Waals surface area (Å²) in [6.07, 6.45) is 6.98. The molecule has 0 heteroatoms. The predicted molar refractivity (Wildman–Crippen MR) is 44.9 cm³/mol. The minimum Gasteiger partial charge on any atom is -0.130 e. The van der Waals surface area contributed by atoms with Gasteiger partial charge in [-0.15, -0.1) is 5.73 Å². The van der Waals surface area contributed by atoms with Gasteiger partial charge in [0, 0.05) is 0 Å². The first-order valence-corrected chi connectivity index (χ1v) is 4.21. The second kappa shape index (κ2) is 3.63. The van der Waals surface area contributed by atoms with Gasteiger partial charge in [-0.3, -0.25) is 0 Å². The van der Waals surface area contributed by atoms with Gasteiger partial charge in [0.25, 0.3) is 0 Å². The molecule has 0 saturated heterocycles. The maximum atomic E-state index is 3.67. The van der Waals surface area contributed by atoms with Crippen LogP contribution in [0, 0.1) is 5.92 Å². The molecule has 0 atom stereocenters. The third-order valence-corrected chi connectivity index (χ3v) is 2.50. The molecule has 56 valence electrons. The van der Waals surface area contributed by atoms with Crippen LogP contribution in [-0.2, 0) is 0 Å². The molecule has 1 aliphatic rings. The molecule has 0 radical (unpaired) electrons. The van der Waals surface area contributed by atoms with Gasteiger partial charge in [0.2, 0.25) is 0 Å². The van der Waals surface area contributed by atoms with Crippen LogP contribution in [0.25, 0.3) is 0 Å². The van der Waals surface area contributed by atoms with E-state index in [1.165, 1.54) is 37.7 Å². The van der Waals surface area contributed by atoms with Gasteiger partial charge in [0.1, 0.15) is 0 Å². The highest BCUT2D eigenvalue weighted by Crippen LogP contribution is 2.28. The summed E-state index contributed by atoms with van der Waals surface area (Å²) in [5.41, 5.74) is 4.38. The van der Waals surface area contributed by atoms with Crippen molar-refractivity contribution in [3.8, 4) is 0 Å². The molecule has 0 aromatic carbocycles. The summed E-state index contributed by atoms with van der Waals surface area (Å²) in [7, 11) is 0. The summed E-state index contributed by atoms with van der Waals surface area (Å²) in [6.45, 7) is 5.83. The summed E-state index contributed by atoms with van der Waals surface area (Å²) >= 11 is 0. The van der Waals surface area contributed by atoms with E-state index in [1.54, 1.807) is 0 Å². The van der Waals surface area contributed by atoms with E-state index in [9.17, 15) is 0 Å². The van der Waals surface area contributed by atoms with Crippen molar-refractivity contribution < 1.29 is 0 Å². The summed E-state index contributed by atoms with van der Waals surface area (Å²) in [6, 6.07) is 0. The molecular formula is C10H16. The van der Waals surface area contributed by atoms with E-state index in [0.29, 0.717) is 0 Å². The molecule has 0 heterocycles. The summed E-state index contributed by atoms with van der Waals surface area (Å²) in [5.74, 6) is 0.811. The average Bonchev–Trinajstić information content (AvgIpc) is 2.05. The SMILES string of the molecule is C=C=C(C)C1CCCCC1. The van der Waals surface area contributed by atoms with Crippen LogP contribution in [0.5, 0.6) is 0 Å². The Morgan fingerprint density at radius 1 is 1.30 bits per heavy atom. The third-order valence-electron chi connectivity index (χ3n) is 2.50. The standard InChI is InChI=1S/C10H16/c1-3-9(2)10-7-5-4-6-8-10/h10H,1,4-8H2,2H3. The fraction of sp³-hybridized carbons (Fsp3) is 0.700. The lowest BCUT2D eigenvalue weighted by Gasteiger charge is -2.20. The first-order chi connectivity index (χ1) is 4.84. The van der Waals surface area contributed by atoms with Crippen LogP contribution in [0.3, 0.4) is 0 Å². The van der Waals surface area contributed by atoms with Crippen LogP contribution in [0.1, 0.15) is 39.0 Å². The second-order valence-electron chi connectivity index (χ2n) is 3.19. The Bertz CT molecular complexity index is 143. The van der Waals surface area contributed by atoms with Crippen LogP contribution in [0.15, 0.2) is 17.9 Å². The lowest BCUT2D eigenvalue weighted by molar-refractivity contribution is 0.403. The number of allylic oxidation sites excluding steroid dienone is 1. The quantitative estimate of drug-likeness (QED) is 0.485. The predicted octanol–water partition coefficient (Wildman–Crippen LogP) is 3.30. The zero-order valence-electron chi connectivity index (χ0n) is 6.82. The molecule has 0 amide bonds. The fourth-order valence-corrected chi connectivity index (χ4v) is 1.68. The van der Waals surface area contributed by atoms with Crippen LogP contribution in [0.2, 0.25) is 0 Å². The molecule has 0 aliphatic heterocycles. The monoisotopic (exact) mass is 136 g/mol. The number of hydrogen-bond donors (Lipinski definition) is 0. The van der Waals surface area contributed by atoms with Crippen molar-refractivity contribution in [2.45, 2.75) is 39.0 Å². The van der Waals surface area contributed by atoms with Crippen LogP contribution >= 0.6 is 0 Å². The molecule has 0 spiro atoms. The maximum absolute atomic E-state index is 3.67. The fourth-order valence-electron chi connectivity index (χ4n) is 1.68. The minimum absolute atomic E-state index is 0.811. The molecule has 0 N–H and O–H groups in total. The Hall–Kier alpha value is -0.480. The van der Waals surface area contributed by atoms with Gasteiger partial charge < -0.3 is 0 Å². The summed E-state index contributed by atoms with van der Waals surface area (Å²) < 4.78 is 0. The number of hydrogen-bond acceptors (Lipinski definition) is 0. The van der Waals surface area contributed by atoms with Gasteiger partial charge in [-0.25, -0.2) is 0 Å². The van der Waals surface area contributed by atoms with Crippen molar-refractivity contribution in [2.24, 2.45) is 5.92 Å². The maximum Gasteiger partial charge on any atom is -0.0130 e. The van der Waals surface area contributed by atoms with E-state index in [1.807, 2.05) is 0 Å². The highest BCUT2D eigenvalue weighted by atomic mass is 14.2. The summed E-state index contributed by atoms with van der Waals surface area (Å²) in [4.78, 5) is 0. The molecule has 1 rings (SSSR count). The largest absolute Gasteiger partial charge is 0.130 e. The molecule has 0 bridgehead atoms. The van der Waals surface area contributed by atoms with Crippen LogP contribution < -0.4 is 0 Å². The Balaban J connectivity index is 2.46. The average molecular weight is 136 g/mol. The van der Waals surface area contributed by atoms with Gasteiger partial charge in [0.15, 0.2) is 0 Å². The topological polar surface area (TPSA) is 0 Å². The molecule has 10 heavy (non-hydrogen) atoms. The van der Waals surface area contributed by atoms with Crippen molar-refractivity contribution in [2.75, 3.05) is 0 Å². The zero-order chi connectivity index (χ0) is 7.40. The first-order valence-electron chi connectivity index (χ1n) is 4.21. The molecule has 0 unspecified atom stereocenters. The molecule has 1 saturated carbocycles. The minimum atomic E-state index is 0.811. The van der Waals surface area contributed by atoms with E-state index in [4.69, 9.17) is 0 Å². The van der Waals surface area contributed by atoms with Gasteiger partial charge in [-0.05, 0) is 31.3 Å². The second-order valence-corrected chi connectivity index (χ2v) is 3.19. The first kappa shape index (κ1) is 7.63. The van der Waals surface area contributed by atoms with Crippen molar-refractivity contribution in [1.29, 1.82) is 0 Å². The molecule has 0 aromatic heterocycles. The van der Waals surface area contributed by atoms with Gasteiger partial charge in [-0.1, -0.05) is 25.8 Å². The van der Waals surface area contributed by atoms with Gasteiger partial charge in [0.05, 0.1) is 0 Å². The van der Waals surface area contributed by atoms with E-state index >= 15 is 0 Å². The highest BCUT2D eigenvalue weighted by molar-refractivity contribution is 5.01. The van der Waals surface area contributed by atoms with Crippen molar-refractivity contribution in [1.82, 2.24) is 0 Å². The van der Waals surface area contributed by atoms with Gasteiger partial charge >= 0.3 is 0 Å². The van der Waals surface area contributed by atoms with E-state index in [2.05, 4.69) is 19.2 Å². The van der Waals surface area contributed by atoms with Crippen molar-refractivity contribution in [3.05, 3.63) is 17.9 Å². The van der Waals surface area contributed by atoms with Gasteiger partial charge in [-0.2, -0.15) is 0 Å². The molecule has 1 fully saturated rings. The Morgan fingerprint density at radius 2 is 1.90 bits per heavy atom. The Labute approximate surface area is 63.6 Å². The molecule has 0 aromatic rings. The van der Waals surface area contributed by atoms with Crippen molar-refractivity contribution in [3.63, 3.8) is 0 Å². The lowest BCUT2D eigenvalue weighted by atomic mass is 9.85.